The Balaban J connectivity index is 3.85. The molecule has 0 bridgehead atoms. The summed E-state index contributed by atoms with van der Waals surface area (Å²) in [6.45, 7) is 8.35. The lowest BCUT2D eigenvalue weighted by atomic mass is 9.95. The van der Waals surface area contributed by atoms with Gasteiger partial charge in [0.15, 0.2) is 5.78 Å². The van der Waals surface area contributed by atoms with Crippen LogP contribution < -0.4 is 5.56 Å². The number of ketones is 1. The summed E-state index contributed by atoms with van der Waals surface area (Å²) in [6.07, 6.45) is 0. The fraction of sp³-hybridized carbons (Fsp3) is 0.500. The van der Waals surface area contributed by atoms with Crippen LogP contribution in [0, 0.1) is 24.2 Å². The molecular weight excluding hydrogens is 244 g/mol. The molecule has 1 N–H and O–H groups in total. The predicted octanol–water partition coefficient (Wildman–Crippen LogP) is 2.15. The number of hydrogen-bond donors (Lipinski definition) is 1. The van der Waals surface area contributed by atoms with Crippen LogP contribution >= 0.6 is 0 Å². The van der Waals surface area contributed by atoms with Crippen LogP contribution in [0.5, 0.6) is 5.88 Å². The lowest BCUT2D eigenvalue weighted by molar-refractivity contribution is 0.0934. The number of rotatable bonds is 3. The topological polar surface area (TPSA) is 83.1 Å². The normalized spacial score (nSPS) is 10.8. The van der Waals surface area contributed by atoms with Gasteiger partial charge in [-0.05, 0) is 26.3 Å². The average Bonchev–Trinajstić information content (AvgIpc) is 2.28. The molecule has 5 heteroatoms. The fourth-order valence-corrected chi connectivity index (χ4v) is 1.98. The molecule has 0 unspecified atom stereocenters. The first-order chi connectivity index (χ1) is 8.73. The molecule has 0 amide bonds. The molecule has 1 aromatic heterocycles. The Kier molecular flexibility index (Phi) is 4.15. The molecule has 0 aliphatic rings. The minimum Gasteiger partial charge on any atom is -0.494 e. The van der Waals surface area contributed by atoms with E-state index in [2.05, 4.69) is 0 Å². The van der Waals surface area contributed by atoms with Gasteiger partial charge in [0.25, 0.3) is 5.56 Å². The minimum atomic E-state index is -0.562. The summed E-state index contributed by atoms with van der Waals surface area (Å²) >= 11 is 0. The monoisotopic (exact) mass is 262 g/mol. The van der Waals surface area contributed by atoms with E-state index in [9.17, 15) is 14.7 Å². The van der Waals surface area contributed by atoms with Crippen LogP contribution in [0.15, 0.2) is 4.79 Å². The van der Waals surface area contributed by atoms with E-state index < -0.39 is 5.56 Å². The van der Waals surface area contributed by atoms with E-state index >= 15 is 0 Å². The standard InChI is InChI=1S/C14H18N2O3/c1-7(2)12(17)11-9(5)10(6-15)13(18)16(8(3)4)14(11)19/h7-8,19H,1-5H3. The summed E-state index contributed by atoms with van der Waals surface area (Å²) in [6, 6.07) is 1.49. The van der Waals surface area contributed by atoms with Crippen LogP contribution in [-0.2, 0) is 0 Å². The van der Waals surface area contributed by atoms with Crippen molar-refractivity contribution in [2.75, 3.05) is 0 Å². The van der Waals surface area contributed by atoms with Crippen LogP contribution in [0.4, 0.5) is 0 Å². The van der Waals surface area contributed by atoms with Gasteiger partial charge in [-0.15, -0.1) is 0 Å². The number of pyridine rings is 1. The van der Waals surface area contributed by atoms with Gasteiger partial charge in [-0.3, -0.25) is 14.2 Å². The van der Waals surface area contributed by atoms with Gasteiger partial charge in [-0.2, -0.15) is 5.26 Å². The van der Waals surface area contributed by atoms with E-state index in [1.807, 2.05) is 6.07 Å². The molecule has 1 heterocycles. The first-order valence-electron chi connectivity index (χ1n) is 6.16. The molecule has 0 atom stereocenters. The number of aromatic hydroxyl groups is 1. The molecule has 1 aromatic rings. The third-order valence-corrected chi connectivity index (χ3v) is 3.03. The molecule has 102 valence electrons. The van der Waals surface area contributed by atoms with E-state index in [0.717, 1.165) is 4.57 Å². The molecule has 0 aromatic carbocycles. The van der Waals surface area contributed by atoms with Gasteiger partial charge >= 0.3 is 0 Å². The maximum atomic E-state index is 12.2. The van der Waals surface area contributed by atoms with E-state index in [1.54, 1.807) is 27.7 Å². The zero-order valence-corrected chi connectivity index (χ0v) is 11.8. The van der Waals surface area contributed by atoms with Gasteiger partial charge in [0, 0.05) is 12.0 Å². The Morgan fingerprint density at radius 1 is 1.32 bits per heavy atom. The number of carbonyl (C=O) groups excluding carboxylic acids is 1. The fourth-order valence-electron chi connectivity index (χ4n) is 1.98. The summed E-state index contributed by atoms with van der Waals surface area (Å²) in [4.78, 5) is 24.3. The highest BCUT2D eigenvalue weighted by molar-refractivity contribution is 6.01. The number of nitrogens with zero attached hydrogens (tertiary/aromatic N) is 2. The maximum absolute atomic E-state index is 12.2. The molecule has 0 aliphatic carbocycles. The Morgan fingerprint density at radius 3 is 2.21 bits per heavy atom. The maximum Gasteiger partial charge on any atom is 0.271 e. The summed E-state index contributed by atoms with van der Waals surface area (Å²) in [5.41, 5.74) is -0.330. The third-order valence-electron chi connectivity index (χ3n) is 3.03. The first-order valence-corrected chi connectivity index (χ1v) is 6.16. The minimum absolute atomic E-state index is 0.0693. The van der Waals surface area contributed by atoms with Crippen molar-refractivity contribution < 1.29 is 9.90 Å². The smallest absolute Gasteiger partial charge is 0.271 e. The molecule has 0 radical (unpaired) electrons. The highest BCUT2D eigenvalue weighted by Crippen LogP contribution is 2.26. The summed E-state index contributed by atoms with van der Waals surface area (Å²) in [5.74, 6) is -0.953. The lowest BCUT2D eigenvalue weighted by Crippen LogP contribution is -2.28. The van der Waals surface area contributed by atoms with Gasteiger partial charge < -0.3 is 5.11 Å². The molecule has 1 rings (SSSR count). The molecular formula is C14H18N2O3. The summed E-state index contributed by atoms with van der Waals surface area (Å²) in [7, 11) is 0. The number of nitriles is 1. The molecule has 5 nitrogen and oxygen atoms in total. The van der Waals surface area contributed by atoms with Crippen molar-refractivity contribution in [2.45, 2.75) is 40.7 Å². The van der Waals surface area contributed by atoms with Gasteiger partial charge in [0.1, 0.15) is 11.6 Å². The van der Waals surface area contributed by atoms with Crippen molar-refractivity contribution in [3.63, 3.8) is 0 Å². The lowest BCUT2D eigenvalue weighted by Gasteiger charge is -2.18. The SMILES string of the molecule is Cc1c(C(=O)C(C)C)c(O)n(C(C)C)c(=O)c1C#N. The molecule has 0 saturated heterocycles. The zero-order chi connectivity index (χ0) is 14.9. The van der Waals surface area contributed by atoms with Crippen molar-refractivity contribution >= 4 is 5.78 Å². The second kappa shape index (κ2) is 5.27. The number of carbonyl (C=O) groups is 1. The zero-order valence-electron chi connectivity index (χ0n) is 11.8. The molecule has 0 fully saturated rings. The Hall–Kier alpha value is -2.09. The van der Waals surface area contributed by atoms with Crippen molar-refractivity contribution in [1.29, 1.82) is 5.26 Å². The Bertz CT molecular complexity index is 619. The predicted molar refractivity (Wildman–Crippen MR) is 71.4 cm³/mol. The summed E-state index contributed by atoms with van der Waals surface area (Å²) in [5, 5.41) is 19.3. The summed E-state index contributed by atoms with van der Waals surface area (Å²) < 4.78 is 1.08. The average molecular weight is 262 g/mol. The molecule has 0 aliphatic heterocycles. The molecule has 0 spiro atoms. The van der Waals surface area contributed by atoms with E-state index in [4.69, 9.17) is 5.26 Å². The number of hydrogen-bond acceptors (Lipinski definition) is 4. The van der Waals surface area contributed by atoms with Gasteiger partial charge in [-0.25, -0.2) is 0 Å². The van der Waals surface area contributed by atoms with Gasteiger partial charge in [0.05, 0.1) is 5.56 Å². The largest absolute Gasteiger partial charge is 0.494 e. The first kappa shape index (κ1) is 15.0. The molecule has 19 heavy (non-hydrogen) atoms. The third kappa shape index (κ3) is 2.39. The van der Waals surface area contributed by atoms with Gasteiger partial charge in [0.2, 0.25) is 5.88 Å². The van der Waals surface area contributed by atoms with Crippen LogP contribution in [-0.4, -0.2) is 15.5 Å². The van der Waals surface area contributed by atoms with E-state index in [0.29, 0.717) is 0 Å². The van der Waals surface area contributed by atoms with Crippen molar-refractivity contribution in [3.8, 4) is 11.9 Å². The highest BCUT2D eigenvalue weighted by atomic mass is 16.3. The van der Waals surface area contributed by atoms with E-state index in [-0.39, 0.29) is 40.3 Å². The van der Waals surface area contributed by atoms with Crippen LogP contribution in [0.1, 0.15) is 55.2 Å². The van der Waals surface area contributed by atoms with Crippen molar-refractivity contribution in [3.05, 3.63) is 27.0 Å². The van der Waals surface area contributed by atoms with Crippen LogP contribution in [0.2, 0.25) is 0 Å². The second-order valence-electron chi connectivity index (χ2n) is 5.10. The quantitative estimate of drug-likeness (QED) is 0.846. The van der Waals surface area contributed by atoms with Gasteiger partial charge in [-0.1, -0.05) is 13.8 Å². The molecule has 0 saturated carbocycles. The van der Waals surface area contributed by atoms with E-state index in [1.165, 1.54) is 6.92 Å². The van der Waals surface area contributed by atoms with Crippen molar-refractivity contribution in [1.82, 2.24) is 4.57 Å². The number of aromatic nitrogens is 1. The highest BCUT2D eigenvalue weighted by Gasteiger charge is 2.26. The Labute approximate surface area is 112 Å². The van der Waals surface area contributed by atoms with Crippen LogP contribution in [0.25, 0.3) is 0 Å². The number of Topliss-reactive ketones (excluding diaryl/α,β-unsaturated/α-hetero) is 1. The van der Waals surface area contributed by atoms with Crippen LogP contribution in [0.3, 0.4) is 0 Å². The second-order valence-corrected chi connectivity index (χ2v) is 5.10. The Morgan fingerprint density at radius 2 is 1.84 bits per heavy atom. The van der Waals surface area contributed by atoms with Crippen molar-refractivity contribution in [2.24, 2.45) is 5.92 Å².